The molecule has 9 heteroatoms. The second-order valence-corrected chi connectivity index (χ2v) is 5.90. The van der Waals surface area contributed by atoms with Gasteiger partial charge < -0.3 is 14.8 Å². The molecule has 1 unspecified atom stereocenters. The van der Waals surface area contributed by atoms with Gasteiger partial charge in [0.25, 0.3) is 11.8 Å². The van der Waals surface area contributed by atoms with Crippen molar-refractivity contribution in [3.63, 3.8) is 0 Å². The predicted octanol–water partition coefficient (Wildman–Crippen LogP) is 2.63. The van der Waals surface area contributed by atoms with E-state index in [4.69, 9.17) is 19.8 Å². The average Bonchev–Trinajstić information content (AvgIpc) is 3.12. The van der Waals surface area contributed by atoms with Gasteiger partial charge >= 0.3 is 0 Å². The summed E-state index contributed by atoms with van der Waals surface area (Å²) in [4.78, 5) is 12.9. The third kappa shape index (κ3) is 2.98. The first-order valence-electron chi connectivity index (χ1n) is 8.33. The van der Waals surface area contributed by atoms with Gasteiger partial charge in [0, 0.05) is 30.0 Å². The van der Waals surface area contributed by atoms with Crippen LogP contribution in [0.1, 0.15) is 5.69 Å². The molecule has 0 radical (unpaired) electrons. The Balaban J connectivity index is 1.72. The molecule has 9 nitrogen and oxygen atoms in total. The largest absolute Gasteiger partial charge is 0.497 e. The molecule has 1 aromatic carbocycles. The molecule has 4 rings (SSSR count). The summed E-state index contributed by atoms with van der Waals surface area (Å²) in [5.41, 5.74) is 1.79. The van der Waals surface area contributed by atoms with Crippen LogP contribution in [0.5, 0.6) is 11.5 Å². The fraction of sp³-hybridized carbons (Fsp3) is 0.105. The molecule has 1 atom stereocenters. The smallest absolute Gasteiger partial charge is 0.287 e. The fourth-order valence-corrected chi connectivity index (χ4v) is 2.87. The van der Waals surface area contributed by atoms with Gasteiger partial charge in [-0.15, -0.1) is 0 Å². The number of hydrogen-bond donors (Lipinski definition) is 1. The van der Waals surface area contributed by atoms with Crippen LogP contribution in [0.3, 0.4) is 0 Å². The molecule has 2 aromatic rings. The predicted molar refractivity (Wildman–Crippen MR) is 106 cm³/mol. The first-order chi connectivity index (χ1) is 13.7. The molecular formula is C19H16N7O2+. The Morgan fingerprint density at radius 1 is 1.11 bits per heavy atom. The molecule has 1 aromatic heterocycles. The van der Waals surface area contributed by atoms with Crippen molar-refractivity contribution in [2.24, 2.45) is 15.1 Å². The zero-order chi connectivity index (χ0) is 19.6. The molecule has 2 aliphatic heterocycles. The average molecular weight is 374 g/mol. The van der Waals surface area contributed by atoms with E-state index in [-0.39, 0.29) is 4.59 Å². The zero-order valence-electron chi connectivity index (χ0n) is 15.2. The molecule has 0 aliphatic carbocycles. The summed E-state index contributed by atoms with van der Waals surface area (Å²) < 4.78 is 10.6. The standard InChI is InChI=1S/C19H16N7O2/c1-27-16-7-14(8-17(9-16)28-2)23-19-24-18-12-21-5-6-26(18,25-19)15-4-3-13(10-20)22-11-15/h3-9,11-12H,1-2H3,(H,23,25)/q+1. The van der Waals surface area contributed by atoms with Crippen molar-refractivity contribution in [1.29, 1.82) is 5.26 Å². The molecule has 2 aliphatic rings. The van der Waals surface area contributed by atoms with Crippen molar-refractivity contribution < 1.29 is 9.47 Å². The van der Waals surface area contributed by atoms with E-state index in [1.807, 2.05) is 18.2 Å². The van der Waals surface area contributed by atoms with Crippen LogP contribution in [-0.4, -0.2) is 37.2 Å². The van der Waals surface area contributed by atoms with Crippen molar-refractivity contribution in [2.75, 3.05) is 19.5 Å². The molecule has 0 saturated carbocycles. The summed E-state index contributed by atoms with van der Waals surface area (Å²) in [5, 5.41) is 16.9. The minimum absolute atomic E-state index is 0.0222. The van der Waals surface area contributed by atoms with Crippen LogP contribution in [0.4, 0.5) is 11.4 Å². The van der Waals surface area contributed by atoms with Gasteiger partial charge in [-0.25, -0.2) is 4.98 Å². The van der Waals surface area contributed by atoms with E-state index in [1.165, 1.54) is 0 Å². The number of aromatic nitrogens is 1. The lowest BCUT2D eigenvalue weighted by atomic mass is 10.3. The number of hydrogen-bond acceptors (Lipinski definition) is 8. The molecule has 0 fully saturated rings. The number of quaternary nitrogens is 1. The number of pyridine rings is 1. The van der Waals surface area contributed by atoms with Crippen LogP contribution in [0.2, 0.25) is 0 Å². The van der Waals surface area contributed by atoms with E-state index >= 15 is 0 Å². The Hall–Kier alpha value is -4.03. The lowest BCUT2D eigenvalue weighted by molar-refractivity contribution is 0.395. The number of guanidine groups is 1. The SMILES string of the molecule is COc1cc(NC2=N[N+]3(c4ccc(C#N)nc4)C=CN=CC3=N2)cc(OC)c1. The number of amidine groups is 1. The van der Waals surface area contributed by atoms with Gasteiger partial charge in [0.15, 0.2) is 11.9 Å². The monoisotopic (exact) mass is 374 g/mol. The Morgan fingerprint density at radius 3 is 2.54 bits per heavy atom. The highest BCUT2D eigenvalue weighted by Gasteiger charge is 2.43. The van der Waals surface area contributed by atoms with Crippen molar-refractivity contribution >= 4 is 29.4 Å². The van der Waals surface area contributed by atoms with Crippen molar-refractivity contribution in [3.8, 4) is 17.6 Å². The third-order valence-electron chi connectivity index (χ3n) is 4.24. The molecule has 3 heterocycles. The highest BCUT2D eigenvalue weighted by molar-refractivity contribution is 6.38. The molecular weight excluding hydrogens is 358 g/mol. The molecule has 0 amide bonds. The summed E-state index contributed by atoms with van der Waals surface area (Å²) >= 11 is 0. The van der Waals surface area contributed by atoms with Gasteiger partial charge in [-0.1, -0.05) is 4.59 Å². The number of aliphatic imine (C=N–C) groups is 2. The minimum Gasteiger partial charge on any atom is -0.497 e. The highest BCUT2D eigenvalue weighted by atomic mass is 16.5. The van der Waals surface area contributed by atoms with Gasteiger partial charge in [-0.3, -0.25) is 4.99 Å². The summed E-state index contributed by atoms with van der Waals surface area (Å²) in [6.45, 7) is 0. The van der Waals surface area contributed by atoms with Crippen LogP contribution >= 0.6 is 0 Å². The normalized spacial score (nSPS) is 19.3. The van der Waals surface area contributed by atoms with Crippen LogP contribution in [0, 0.1) is 11.3 Å². The first kappa shape index (κ1) is 17.4. The Kier molecular flexibility index (Phi) is 4.31. The topological polar surface area (TPSA) is 104 Å². The minimum atomic E-state index is -0.0222. The maximum absolute atomic E-state index is 8.98. The summed E-state index contributed by atoms with van der Waals surface area (Å²) in [5.74, 6) is 2.29. The number of nitriles is 1. The van der Waals surface area contributed by atoms with Crippen LogP contribution in [0.15, 0.2) is 64.0 Å². The Labute approximate surface area is 161 Å². The van der Waals surface area contributed by atoms with Crippen molar-refractivity contribution in [3.05, 3.63) is 54.6 Å². The number of rotatable bonds is 4. The second-order valence-electron chi connectivity index (χ2n) is 5.90. The van der Waals surface area contributed by atoms with Gasteiger partial charge in [-0.2, -0.15) is 10.3 Å². The Morgan fingerprint density at radius 2 is 1.89 bits per heavy atom. The van der Waals surface area contributed by atoms with E-state index < -0.39 is 0 Å². The number of anilines is 1. The lowest BCUT2D eigenvalue weighted by Gasteiger charge is -2.23. The third-order valence-corrected chi connectivity index (χ3v) is 4.24. The highest BCUT2D eigenvalue weighted by Crippen LogP contribution is 2.31. The summed E-state index contributed by atoms with van der Waals surface area (Å²) in [6, 6.07) is 10.9. The van der Waals surface area contributed by atoms with Gasteiger partial charge in [0.2, 0.25) is 0 Å². The second kappa shape index (κ2) is 6.94. The fourth-order valence-electron chi connectivity index (χ4n) is 2.87. The summed E-state index contributed by atoms with van der Waals surface area (Å²) in [6.07, 6.45) is 6.70. The number of nitrogens with one attached hydrogen (secondary N) is 1. The van der Waals surface area contributed by atoms with E-state index in [9.17, 15) is 0 Å². The number of nitrogens with zero attached hydrogens (tertiary/aromatic N) is 6. The van der Waals surface area contributed by atoms with Crippen LogP contribution in [0.25, 0.3) is 0 Å². The van der Waals surface area contributed by atoms with Gasteiger partial charge in [0.05, 0.1) is 26.6 Å². The molecule has 0 bridgehead atoms. The van der Waals surface area contributed by atoms with Gasteiger partial charge in [-0.05, 0) is 11.2 Å². The van der Waals surface area contributed by atoms with Crippen molar-refractivity contribution in [2.45, 2.75) is 0 Å². The number of benzene rings is 1. The first-order valence-corrected chi connectivity index (χ1v) is 8.33. The maximum atomic E-state index is 8.98. The number of ether oxygens (including phenoxy) is 2. The number of fused-ring (bicyclic) bond motifs is 1. The van der Waals surface area contributed by atoms with Crippen molar-refractivity contribution in [1.82, 2.24) is 9.58 Å². The van der Waals surface area contributed by atoms with E-state index in [1.54, 1.807) is 57.2 Å². The molecule has 0 spiro atoms. The quantitative estimate of drug-likeness (QED) is 0.829. The Bertz CT molecular complexity index is 1060. The van der Waals surface area contributed by atoms with Gasteiger partial charge in [0.1, 0.15) is 29.5 Å². The van der Waals surface area contributed by atoms with Crippen LogP contribution < -0.4 is 19.4 Å². The molecule has 1 N–H and O–H groups in total. The molecule has 0 saturated heterocycles. The number of methoxy groups -OCH3 is 2. The van der Waals surface area contributed by atoms with E-state index in [2.05, 4.69) is 20.3 Å². The van der Waals surface area contributed by atoms with E-state index in [0.717, 1.165) is 11.4 Å². The summed E-state index contributed by atoms with van der Waals surface area (Å²) in [7, 11) is 3.18. The van der Waals surface area contributed by atoms with E-state index in [0.29, 0.717) is 29.0 Å². The maximum Gasteiger partial charge on any atom is 0.287 e. The molecule has 138 valence electrons. The van der Waals surface area contributed by atoms with Crippen LogP contribution in [-0.2, 0) is 0 Å². The molecule has 28 heavy (non-hydrogen) atoms. The lowest BCUT2D eigenvalue weighted by Crippen LogP contribution is -2.44. The zero-order valence-corrected chi connectivity index (χ0v) is 15.2.